The van der Waals surface area contributed by atoms with Gasteiger partial charge in [0.15, 0.2) is 5.78 Å². The molecule has 0 saturated carbocycles. The third-order valence-corrected chi connectivity index (χ3v) is 2.41. The number of carbonyl (C=O) groups excluding carboxylic acids is 1. The van der Waals surface area contributed by atoms with E-state index in [9.17, 15) is 4.79 Å². The van der Waals surface area contributed by atoms with Crippen LogP contribution >= 0.6 is 0 Å². The molecule has 0 aliphatic carbocycles. The molecule has 15 heavy (non-hydrogen) atoms. The van der Waals surface area contributed by atoms with E-state index in [1.807, 2.05) is 25.1 Å². The molecule has 2 heteroatoms. The van der Waals surface area contributed by atoms with Crippen molar-refractivity contribution in [3.05, 3.63) is 47.5 Å². The van der Waals surface area contributed by atoms with Crippen LogP contribution in [0.25, 0.3) is 0 Å². The van der Waals surface area contributed by atoms with Crippen molar-refractivity contribution in [1.82, 2.24) is 0 Å². The number of carbonyl (C=O) groups is 1. The second kappa shape index (κ2) is 5.47. The van der Waals surface area contributed by atoms with Crippen LogP contribution in [0.1, 0.15) is 27.9 Å². The van der Waals surface area contributed by atoms with Gasteiger partial charge >= 0.3 is 0 Å². The van der Waals surface area contributed by atoms with Gasteiger partial charge in [-0.1, -0.05) is 24.8 Å². The van der Waals surface area contributed by atoms with Gasteiger partial charge in [-0.15, -0.1) is 0 Å². The summed E-state index contributed by atoms with van der Waals surface area (Å²) in [4.78, 5) is 11.4. The van der Waals surface area contributed by atoms with Crippen LogP contribution in [0.4, 0.5) is 0 Å². The Morgan fingerprint density at radius 1 is 1.53 bits per heavy atom. The molecular formula is C13H17NO. The number of allylic oxidation sites excluding steroid dienone is 1. The third kappa shape index (κ3) is 3.03. The van der Waals surface area contributed by atoms with Gasteiger partial charge in [-0.05, 0) is 43.5 Å². The summed E-state index contributed by atoms with van der Waals surface area (Å²) in [6, 6.07) is 5.90. The number of aryl methyl sites for hydroxylation is 2. The summed E-state index contributed by atoms with van der Waals surface area (Å²) < 4.78 is 0. The maximum atomic E-state index is 11.4. The molecule has 2 N–H and O–H groups in total. The molecule has 0 fully saturated rings. The minimum Gasteiger partial charge on any atom is -0.330 e. The zero-order valence-corrected chi connectivity index (χ0v) is 9.12. The molecule has 0 bridgehead atoms. The Morgan fingerprint density at radius 3 is 2.80 bits per heavy atom. The lowest BCUT2D eigenvalue weighted by Crippen LogP contribution is -2.02. The first kappa shape index (κ1) is 11.7. The molecule has 80 valence electrons. The lowest BCUT2D eigenvalue weighted by molar-refractivity contribution is 0.104. The number of hydrogen-bond donors (Lipinski definition) is 1. The molecule has 0 aromatic heterocycles. The van der Waals surface area contributed by atoms with Crippen molar-refractivity contribution in [3.8, 4) is 0 Å². The molecule has 1 aromatic rings. The standard InChI is InChI=1S/C13H17NO/c1-3-13(15)12-7-6-11(5-4-8-14)9-10(12)2/h3,6-7,9H,1,4-5,8,14H2,2H3. The fourth-order valence-electron chi connectivity index (χ4n) is 1.57. The van der Waals surface area contributed by atoms with Crippen LogP contribution in [0.2, 0.25) is 0 Å². The van der Waals surface area contributed by atoms with Gasteiger partial charge in [-0.2, -0.15) is 0 Å². The lowest BCUT2D eigenvalue weighted by atomic mass is 9.99. The van der Waals surface area contributed by atoms with Crippen LogP contribution in [0.3, 0.4) is 0 Å². The third-order valence-electron chi connectivity index (χ3n) is 2.41. The first-order valence-corrected chi connectivity index (χ1v) is 5.15. The van der Waals surface area contributed by atoms with Gasteiger partial charge in [0.1, 0.15) is 0 Å². The predicted molar refractivity (Wildman–Crippen MR) is 63.1 cm³/mol. The highest BCUT2D eigenvalue weighted by atomic mass is 16.1. The van der Waals surface area contributed by atoms with Crippen molar-refractivity contribution >= 4 is 5.78 Å². The summed E-state index contributed by atoms with van der Waals surface area (Å²) in [5, 5.41) is 0. The average Bonchev–Trinajstić information content (AvgIpc) is 2.25. The van der Waals surface area contributed by atoms with Crippen molar-refractivity contribution in [2.75, 3.05) is 6.54 Å². The molecule has 0 aliphatic heterocycles. The number of nitrogens with two attached hydrogens (primary N) is 1. The Kier molecular flexibility index (Phi) is 4.25. The summed E-state index contributed by atoms with van der Waals surface area (Å²) in [6.07, 6.45) is 3.30. The predicted octanol–water partition coefficient (Wildman–Crippen LogP) is 2.26. The summed E-state index contributed by atoms with van der Waals surface area (Å²) in [5.41, 5.74) is 8.43. The topological polar surface area (TPSA) is 43.1 Å². The maximum absolute atomic E-state index is 11.4. The molecule has 0 atom stereocenters. The van der Waals surface area contributed by atoms with E-state index < -0.39 is 0 Å². The Labute approximate surface area is 90.8 Å². The monoisotopic (exact) mass is 203 g/mol. The average molecular weight is 203 g/mol. The molecule has 0 aliphatic rings. The molecule has 1 aromatic carbocycles. The van der Waals surface area contributed by atoms with Crippen LogP contribution < -0.4 is 5.73 Å². The van der Waals surface area contributed by atoms with Gasteiger partial charge in [0, 0.05) is 5.56 Å². The smallest absolute Gasteiger partial charge is 0.185 e. The van der Waals surface area contributed by atoms with E-state index in [1.165, 1.54) is 11.6 Å². The first-order valence-electron chi connectivity index (χ1n) is 5.15. The summed E-state index contributed by atoms with van der Waals surface area (Å²) in [6.45, 7) is 6.13. The minimum absolute atomic E-state index is 0.0159. The van der Waals surface area contributed by atoms with Crippen molar-refractivity contribution in [1.29, 1.82) is 0 Å². The summed E-state index contributed by atoms with van der Waals surface area (Å²) in [5.74, 6) is -0.0159. The molecule has 0 heterocycles. The van der Waals surface area contributed by atoms with Crippen LogP contribution in [0.15, 0.2) is 30.9 Å². The highest BCUT2D eigenvalue weighted by Gasteiger charge is 2.05. The van der Waals surface area contributed by atoms with Crippen molar-refractivity contribution < 1.29 is 4.79 Å². The van der Waals surface area contributed by atoms with Gasteiger partial charge < -0.3 is 5.73 Å². The SMILES string of the molecule is C=CC(=O)c1ccc(CCCN)cc1C. The Hall–Kier alpha value is -1.41. The van der Waals surface area contributed by atoms with Gasteiger partial charge in [0.2, 0.25) is 0 Å². The summed E-state index contributed by atoms with van der Waals surface area (Å²) >= 11 is 0. The zero-order chi connectivity index (χ0) is 11.3. The van der Waals surface area contributed by atoms with Gasteiger partial charge in [0.05, 0.1) is 0 Å². The molecule has 0 amide bonds. The lowest BCUT2D eigenvalue weighted by Gasteiger charge is -2.05. The highest BCUT2D eigenvalue weighted by Crippen LogP contribution is 2.13. The number of rotatable bonds is 5. The quantitative estimate of drug-likeness (QED) is 0.589. The largest absolute Gasteiger partial charge is 0.330 e. The molecule has 0 radical (unpaired) electrons. The molecule has 2 nitrogen and oxygen atoms in total. The fourth-order valence-corrected chi connectivity index (χ4v) is 1.57. The van der Waals surface area contributed by atoms with Crippen molar-refractivity contribution in [2.45, 2.75) is 19.8 Å². The molecule has 1 rings (SSSR count). The van der Waals surface area contributed by atoms with E-state index in [4.69, 9.17) is 5.73 Å². The van der Waals surface area contributed by atoms with Gasteiger partial charge in [-0.25, -0.2) is 0 Å². The van der Waals surface area contributed by atoms with E-state index in [2.05, 4.69) is 6.58 Å². The normalized spacial score (nSPS) is 10.0. The van der Waals surface area contributed by atoms with Crippen LogP contribution in [-0.2, 0) is 6.42 Å². The Bertz CT molecular complexity index is 369. The van der Waals surface area contributed by atoms with Crippen LogP contribution in [-0.4, -0.2) is 12.3 Å². The first-order chi connectivity index (χ1) is 7.19. The minimum atomic E-state index is -0.0159. The maximum Gasteiger partial charge on any atom is 0.185 e. The molecule has 0 unspecified atom stereocenters. The van der Waals surface area contributed by atoms with Crippen molar-refractivity contribution in [2.24, 2.45) is 5.73 Å². The van der Waals surface area contributed by atoms with Crippen LogP contribution in [0, 0.1) is 6.92 Å². The molecular weight excluding hydrogens is 186 g/mol. The van der Waals surface area contributed by atoms with E-state index in [0.717, 1.165) is 24.0 Å². The summed E-state index contributed by atoms with van der Waals surface area (Å²) in [7, 11) is 0. The van der Waals surface area contributed by atoms with E-state index >= 15 is 0 Å². The van der Waals surface area contributed by atoms with Crippen LogP contribution in [0.5, 0.6) is 0 Å². The fraction of sp³-hybridized carbons (Fsp3) is 0.308. The van der Waals surface area contributed by atoms with Gasteiger partial charge in [0.25, 0.3) is 0 Å². The highest BCUT2D eigenvalue weighted by molar-refractivity contribution is 6.05. The second-order valence-electron chi connectivity index (χ2n) is 3.61. The molecule has 0 saturated heterocycles. The van der Waals surface area contributed by atoms with Crippen molar-refractivity contribution in [3.63, 3.8) is 0 Å². The second-order valence-corrected chi connectivity index (χ2v) is 3.61. The number of hydrogen-bond acceptors (Lipinski definition) is 2. The Balaban J connectivity index is 2.87. The van der Waals surface area contributed by atoms with Gasteiger partial charge in [-0.3, -0.25) is 4.79 Å². The van der Waals surface area contributed by atoms with E-state index in [1.54, 1.807) is 0 Å². The number of ketones is 1. The zero-order valence-electron chi connectivity index (χ0n) is 9.12. The Morgan fingerprint density at radius 2 is 2.27 bits per heavy atom. The van der Waals surface area contributed by atoms with E-state index in [-0.39, 0.29) is 5.78 Å². The number of benzene rings is 1. The molecule has 0 spiro atoms. The van der Waals surface area contributed by atoms with E-state index in [0.29, 0.717) is 6.54 Å².